The van der Waals surface area contributed by atoms with Gasteiger partial charge in [0.25, 0.3) is 0 Å². The Kier molecular flexibility index (Phi) is 4.90. The maximum absolute atomic E-state index is 12.6. The van der Waals surface area contributed by atoms with E-state index in [2.05, 4.69) is 20.7 Å². The molecular formula is C18H26N6O2S. The quantitative estimate of drug-likeness (QED) is 0.815. The summed E-state index contributed by atoms with van der Waals surface area (Å²) in [4.78, 5) is 1.88. The Morgan fingerprint density at radius 3 is 2.52 bits per heavy atom. The Morgan fingerprint density at radius 1 is 1.11 bits per heavy atom. The third kappa shape index (κ3) is 3.84. The second-order valence-electron chi connectivity index (χ2n) is 7.64. The Bertz CT molecular complexity index is 914. The number of hydrogen-bond acceptors (Lipinski definition) is 6. The molecule has 1 aromatic carbocycles. The van der Waals surface area contributed by atoms with Crippen LogP contribution in [0.5, 0.6) is 0 Å². The highest BCUT2D eigenvalue weighted by Crippen LogP contribution is 2.35. The molecule has 2 aliphatic rings. The first-order chi connectivity index (χ1) is 12.9. The van der Waals surface area contributed by atoms with Crippen molar-refractivity contribution in [3.63, 3.8) is 0 Å². The van der Waals surface area contributed by atoms with Crippen LogP contribution in [0.4, 0.5) is 5.69 Å². The molecule has 0 aliphatic heterocycles. The summed E-state index contributed by atoms with van der Waals surface area (Å²) in [5.41, 5.74) is 1.56. The van der Waals surface area contributed by atoms with Crippen LogP contribution in [0.3, 0.4) is 0 Å². The summed E-state index contributed by atoms with van der Waals surface area (Å²) in [6.45, 7) is 0. The fourth-order valence-electron chi connectivity index (χ4n) is 3.47. The molecule has 2 aliphatic carbocycles. The predicted octanol–water partition coefficient (Wildman–Crippen LogP) is 2.67. The molecule has 0 radical (unpaired) electrons. The SMILES string of the molecule is CN(C)S(=O)(=O)c1ccc(NC2CCCCC2)c(-c2nnn(C3CC3)n2)c1. The summed E-state index contributed by atoms with van der Waals surface area (Å²) in [5, 5.41) is 16.5. The predicted molar refractivity (Wildman–Crippen MR) is 103 cm³/mol. The van der Waals surface area contributed by atoms with Gasteiger partial charge in [-0.2, -0.15) is 4.80 Å². The van der Waals surface area contributed by atoms with Gasteiger partial charge in [-0.1, -0.05) is 19.3 Å². The van der Waals surface area contributed by atoms with Crippen molar-refractivity contribution in [3.05, 3.63) is 18.2 Å². The van der Waals surface area contributed by atoms with E-state index < -0.39 is 10.0 Å². The number of anilines is 1. The minimum atomic E-state index is -3.53. The zero-order chi connectivity index (χ0) is 19.0. The van der Waals surface area contributed by atoms with Gasteiger partial charge in [0.2, 0.25) is 15.8 Å². The van der Waals surface area contributed by atoms with E-state index in [9.17, 15) is 8.42 Å². The van der Waals surface area contributed by atoms with E-state index in [-0.39, 0.29) is 4.90 Å². The zero-order valence-corrected chi connectivity index (χ0v) is 16.6. The molecule has 2 fully saturated rings. The molecule has 8 nitrogen and oxygen atoms in total. The summed E-state index contributed by atoms with van der Waals surface area (Å²) in [5.74, 6) is 0.469. The fraction of sp³-hybridized carbons (Fsp3) is 0.611. The van der Waals surface area contributed by atoms with Gasteiger partial charge < -0.3 is 5.32 Å². The molecule has 146 valence electrons. The largest absolute Gasteiger partial charge is 0.382 e. The van der Waals surface area contributed by atoms with E-state index in [1.165, 1.54) is 37.7 Å². The Labute approximate surface area is 160 Å². The van der Waals surface area contributed by atoms with Gasteiger partial charge in [-0.25, -0.2) is 12.7 Å². The van der Waals surface area contributed by atoms with Gasteiger partial charge in [0.05, 0.1) is 10.9 Å². The van der Waals surface area contributed by atoms with Gasteiger partial charge in [0.1, 0.15) is 0 Å². The highest BCUT2D eigenvalue weighted by atomic mass is 32.2. The number of nitrogens with zero attached hydrogens (tertiary/aromatic N) is 5. The van der Waals surface area contributed by atoms with Gasteiger partial charge in [-0.3, -0.25) is 0 Å². The third-order valence-electron chi connectivity index (χ3n) is 5.28. The summed E-state index contributed by atoms with van der Waals surface area (Å²) in [6.07, 6.45) is 8.10. The number of nitrogens with one attached hydrogen (secondary N) is 1. The molecule has 2 saturated carbocycles. The van der Waals surface area contributed by atoms with E-state index in [4.69, 9.17) is 0 Å². The van der Waals surface area contributed by atoms with Crippen molar-refractivity contribution in [2.24, 2.45) is 0 Å². The highest BCUT2D eigenvalue weighted by Gasteiger charge is 2.28. The lowest BCUT2D eigenvalue weighted by molar-refractivity contribution is 0.463. The monoisotopic (exact) mass is 390 g/mol. The van der Waals surface area contributed by atoms with Gasteiger partial charge in [0, 0.05) is 31.4 Å². The van der Waals surface area contributed by atoms with Crippen LogP contribution in [0.2, 0.25) is 0 Å². The van der Waals surface area contributed by atoms with Crippen LogP contribution in [0.15, 0.2) is 23.1 Å². The van der Waals surface area contributed by atoms with Gasteiger partial charge in [-0.05, 0) is 49.1 Å². The Morgan fingerprint density at radius 2 is 1.85 bits per heavy atom. The van der Waals surface area contributed by atoms with Crippen LogP contribution >= 0.6 is 0 Å². The van der Waals surface area contributed by atoms with Crippen molar-refractivity contribution in [2.75, 3.05) is 19.4 Å². The molecule has 0 bridgehead atoms. The minimum absolute atomic E-state index is 0.236. The normalized spacial score (nSPS) is 18.8. The number of hydrogen-bond donors (Lipinski definition) is 1. The lowest BCUT2D eigenvalue weighted by atomic mass is 9.95. The lowest BCUT2D eigenvalue weighted by Gasteiger charge is -2.25. The van der Waals surface area contributed by atoms with Crippen LogP contribution in [0, 0.1) is 0 Å². The Balaban J connectivity index is 1.72. The number of aromatic nitrogens is 4. The lowest BCUT2D eigenvalue weighted by Crippen LogP contribution is -2.24. The molecule has 0 amide bonds. The van der Waals surface area contributed by atoms with Crippen molar-refractivity contribution in [1.82, 2.24) is 24.5 Å². The van der Waals surface area contributed by atoms with Gasteiger partial charge >= 0.3 is 0 Å². The second kappa shape index (κ2) is 7.20. The molecule has 0 unspecified atom stereocenters. The smallest absolute Gasteiger partial charge is 0.242 e. The van der Waals surface area contributed by atoms with Gasteiger partial charge in [-0.15, -0.1) is 10.2 Å². The van der Waals surface area contributed by atoms with Crippen LogP contribution in [0.1, 0.15) is 51.0 Å². The summed E-state index contributed by atoms with van der Waals surface area (Å²) in [7, 11) is -0.467. The minimum Gasteiger partial charge on any atom is -0.382 e. The summed E-state index contributed by atoms with van der Waals surface area (Å²) < 4.78 is 26.4. The molecule has 2 aromatic rings. The van der Waals surface area contributed by atoms with Crippen LogP contribution in [-0.4, -0.2) is 53.1 Å². The molecule has 27 heavy (non-hydrogen) atoms. The molecule has 0 atom stereocenters. The van der Waals surface area contributed by atoms with Crippen molar-refractivity contribution in [3.8, 4) is 11.4 Å². The second-order valence-corrected chi connectivity index (χ2v) is 9.79. The molecule has 0 saturated heterocycles. The fourth-order valence-corrected chi connectivity index (χ4v) is 4.39. The molecule has 0 spiro atoms. The van der Waals surface area contributed by atoms with E-state index in [0.29, 0.717) is 23.5 Å². The molecular weight excluding hydrogens is 364 g/mol. The first-order valence-electron chi connectivity index (χ1n) is 9.58. The van der Waals surface area contributed by atoms with E-state index in [1.54, 1.807) is 16.9 Å². The topological polar surface area (TPSA) is 93.0 Å². The van der Waals surface area contributed by atoms with E-state index in [1.807, 2.05) is 6.07 Å². The van der Waals surface area contributed by atoms with Crippen molar-refractivity contribution < 1.29 is 8.42 Å². The zero-order valence-electron chi connectivity index (χ0n) is 15.8. The number of tetrazole rings is 1. The van der Waals surface area contributed by atoms with Crippen LogP contribution in [0.25, 0.3) is 11.4 Å². The van der Waals surface area contributed by atoms with Crippen LogP contribution in [-0.2, 0) is 10.0 Å². The Hall–Kier alpha value is -2.00. The maximum Gasteiger partial charge on any atom is 0.242 e. The average Bonchev–Trinajstić information content (AvgIpc) is 3.40. The molecule has 1 N–H and O–H groups in total. The highest BCUT2D eigenvalue weighted by molar-refractivity contribution is 7.89. The van der Waals surface area contributed by atoms with Gasteiger partial charge in [0.15, 0.2) is 0 Å². The average molecular weight is 391 g/mol. The number of sulfonamides is 1. The molecule has 4 rings (SSSR count). The van der Waals surface area contributed by atoms with Crippen LogP contribution < -0.4 is 5.32 Å². The van der Waals surface area contributed by atoms with E-state index >= 15 is 0 Å². The number of benzene rings is 1. The third-order valence-corrected chi connectivity index (χ3v) is 7.09. The maximum atomic E-state index is 12.6. The first-order valence-corrected chi connectivity index (χ1v) is 11.0. The number of rotatable bonds is 6. The first kappa shape index (κ1) is 18.4. The van der Waals surface area contributed by atoms with Crippen molar-refractivity contribution >= 4 is 15.7 Å². The summed E-state index contributed by atoms with van der Waals surface area (Å²) in [6, 6.07) is 5.87. The van der Waals surface area contributed by atoms with Crippen molar-refractivity contribution in [2.45, 2.75) is 61.9 Å². The molecule has 1 aromatic heterocycles. The van der Waals surface area contributed by atoms with E-state index in [0.717, 1.165) is 31.4 Å². The molecule has 9 heteroatoms. The molecule has 1 heterocycles. The summed E-state index contributed by atoms with van der Waals surface area (Å²) >= 11 is 0. The standard InChI is InChI=1S/C18H26N6O2S/c1-23(2)27(25,26)15-10-11-17(19-13-6-4-3-5-7-13)16(12-15)18-20-22-24(21-18)14-8-9-14/h10-14,19H,3-9H2,1-2H3. The van der Waals surface area contributed by atoms with Crippen molar-refractivity contribution in [1.29, 1.82) is 0 Å².